The van der Waals surface area contributed by atoms with Gasteiger partial charge < -0.3 is 10.1 Å². The first kappa shape index (κ1) is 23.0. The molecule has 0 radical (unpaired) electrons. The molecule has 1 aromatic carbocycles. The second kappa shape index (κ2) is 8.79. The van der Waals surface area contributed by atoms with Crippen molar-refractivity contribution in [2.24, 2.45) is 0 Å². The third-order valence-electron chi connectivity index (χ3n) is 6.44. The van der Waals surface area contributed by atoms with Crippen molar-refractivity contribution in [3.63, 3.8) is 0 Å². The Morgan fingerprint density at radius 3 is 2.77 bits per heavy atom. The number of pyridine rings is 1. The molecule has 2 aliphatic rings. The van der Waals surface area contributed by atoms with Crippen LogP contribution in [-0.4, -0.2) is 44.3 Å². The van der Waals surface area contributed by atoms with E-state index in [-0.39, 0.29) is 24.8 Å². The second-order valence-corrected chi connectivity index (χ2v) is 8.91. The molecule has 1 aliphatic carbocycles. The minimum atomic E-state index is -4.19. The zero-order chi connectivity index (χ0) is 24.6. The minimum absolute atomic E-state index is 0.0137. The Hall–Kier alpha value is -3.76. The summed E-state index contributed by atoms with van der Waals surface area (Å²) in [6.45, 7) is 1.93. The quantitative estimate of drug-likeness (QED) is 0.514. The number of nitrogens with zero attached hydrogens (tertiary/aromatic N) is 4. The van der Waals surface area contributed by atoms with Gasteiger partial charge in [0.15, 0.2) is 0 Å². The number of hydrogen-bond acceptors (Lipinski definition) is 6. The summed E-state index contributed by atoms with van der Waals surface area (Å²) >= 11 is 0. The van der Waals surface area contributed by atoms with E-state index in [1.54, 1.807) is 12.3 Å². The van der Waals surface area contributed by atoms with Crippen molar-refractivity contribution >= 4 is 17.1 Å². The Morgan fingerprint density at radius 2 is 2.06 bits per heavy atom. The highest BCUT2D eigenvalue weighted by atomic mass is 19.4. The molecule has 35 heavy (non-hydrogen) atoms. The molecule has 2 aromatic heterocycles. The summed E-state index contributed by atoms with van der Waals surface area (Å²) in [7, 11) is 0. The molecule has 2 N–H and O–H groups in total. The van der Waals surface area contributed by atoms with Crippen LogP contribution in [0.1, 0.15) is 53.9 Å². The largest absolute Gasteiger partial charge is 0.494 e. The Kier molecular flexibility index (Phi) is 5.78. The molecule has 0 unspecified atom stereocenters. The fraction of sp³-hybridized carbons (Fsp3) is 0.375. The molecule has 1 amide bonds. The number of aryl methyl sites for hydroxylation is 2. The molecular formula is C24H23F3N6O2. The number of carbonyl (C=O) groups is 1. The number of amides is 1. The van der Waals surface area contributed by atoms with E-state index in [0.29, 0.717) is 36.3 Å². The number of fused-ring (bicyclic) bond motifs is 2. The van der Waals surface area contributed by atoms with Crippen molar-refractivity contribution in [3.8, 4) is 5.75 Å². The highest BCUT2D eigenvalue weighted by molar-refractivity contribution is 6.27. The van der Waals surface area contributed by atoms with Gasteiger partial charge in [-0.1, -0.05) is 12.1 Å². The van der Waals surface area contributed by atoms with Gasteiger partial charge in [-0.05, 0) is 71.9 Å². The first-order valence-corrected chi connectivity index (χ1v) is 11.3. The van der Waals surface area contributed by atoms with Crippen molar-refractivity contribution < 1.29 is 22.7 Å². The molecule has 5 rings (SSSR count). The molecule has 0 fully saturated rings. The maximum Gasteiger partial charge on any atom is 0.389 e. The Bertz CT molecular complexity index is 1270. The minimum Gasteiger partial charge on any atom is -0.494 e. The average Bonchev–Trinajstić information content (AvgIpc) is 3.45. The van der Waals surface area contributed by atoms with Gasteiger partial charge in [0, 0.05) is 19.0 Å². The number of aromatic amines is 1. The molecule has 1 aliphatic heterocycles. The SMILES string of the molecule is Cc1ccc(C2=C(c3nn[nH]n3)C(=O)N[C@@]3(CCc4cc(OCCCC(F)(F)F)ccc43)C2)nc1. The van der Waals surface area contributed by atoms with Crippen molar-refractivity contribution in [2.75, 3.05) is 6.61 Å². The Labute approximate surface area is 199 Å². The number of benzene rings is 1. The number of alkyl halides is 3. The van der Waals surface area contributed by atoms with Crippen LogP contribution in [-0.2, 0) is 16.8 Å². The van der Waals surface area contributed by atoms with Gasteiger partial charge in [-0.2, -0.15) is 18.4 Å². The van der Waals surface area contributed by atoms with E-state index in [2.05, 4.69) is 30.9 Å². The first-order valence-electron chi connectivity index (χ1n) is 11.3. The van der Waals surface area contributed by atoms with Gasteiger partial charge in [0.1, 0.15) is 5.75 Å². The molecule has 182 valence electrons. The molecule has 3 aromatic rings. The number of rotatable bonds is 6. The molecule has 8 nitrogen and oxygen atoms in total. The van der Waals surface area contributed by atoms with Gasteiger partial charge in [0.25, 0.3) is 5.91 Å². The standard InChI is InChI=1S/C24H23F3N6O2/c1-14-3-6-19(28-13-14)17-12-23(29-22(34)20(17)21-30-32-33-31-21)9-7-15-11-16(4-5-18(15)23)35-10-2-8-24(25,26)27/h3-6,11,13H,2,7-10,12H2,1H3,(H,29,34)(H,30,31,32,33)/t23-/m0/s1. The normalized spacial score (nSPS) is 19.7. The van der Waals surface area contributed by atoms with Crippen LogP contribution in [0, 0.1) is 6.92 Å². The van der Waals surface area contributed by atoms with Crippen LogP contribution in [0.25, 0.3) is 11.1 Å². The average molecular weight is 484 g/mol. The van der Waals surface area contributed by atoms with Gasteiger partial charge >= 0.3 is 6.18 Å². The lowest BCUT2D eigenvalue weighted by atomic mass is 9.78. The van der Waals surface area contributed by atoms with E-state index in [1.807, 2.05) is 31.2 Å². The van der Waals surface area contributed by atoms with Crippen LogP contribution in [0.15, 0.2) is 36.5 Å². The van der Waals surface area contributed by atoms with E-state index in [0.717, 1.165) is 22.3 Å². The maximum atomic E-state index is 13.4. The van der Waals surface area contributed by atoms with Crippen LogP contribution in [0.4, 0.5) is 13.2 Å². The van der Waals surface area contributed by atoms with Gasteiger partial charge in [-0.15, -0.1) is 10.2 Å². The van der Waals surface area contributed by atoms with Crippen LogP contribution in [0.5, 0.6) is 5.75 Å². The predicted molar refractivity (Wildman–Crippen MR) is 120 cm³/mol. The number of aromatic nitrogens is 5. The summed E-state index contributed by atoms with van der Waals surface area (Å²) in [6.07, 6.45) is -1.57. The summed E-state index contributed by atoms with van der Waals surface area (Å²) in [5, 5.41) is 17.2. The molecule has 0 bridgehead atoms. The van der Waals surface area contributed by atoms with E-state index in [4.69, 9.17) is 4.74 Å². The molecule has 0 saturated heterocycles. The van der Waals surface area contributed by atoms with E-state index >= 15 is 0 Å². The monoisotopic (exact) mass is 484 g/mol. The number of ether oxygens (including phenoxy) is 1. The Balaban J connectivity index is 1.44. The summed E-state index contributed by atoms with van der Waals surface area (Å²) in [5.74, 6) is 0.416. The highest BCUT2D eigenvalue weighted by Gasteiger charge is 2.46. The summed E-state index contributed by atoms with van der Waals surface area (Å²) in [6, 6.07) is 9.30. The first-order chi connectivity index (χ1) is 16.7. The van der Waals surface area contributed by atoms with Gasteiger partial charge in [-0.3, -0.25) is 9.78 Å². The predicted octanol–water partition coefficient (Wildman–Crippen LogP) is 3.90. The van der Waals surface area contributed by atoms with Crippen molar-refractivity contribution in [1.82, 2.24) is 30.9 Å². The molecule has 0 saturated carbocycles. The van der Waals surface area contributed by atoms with E-state index in [1.165, 1.54) is 0 Å². The number of carbonyl (C=O) groups excluding carboxylic acids is 1. The lowest BCUT2D eigenvalue weighted by molar-refractivity contribution is -0.136. The summed E-state index contributed by atoms with van der Waals surface area (Å²) < 4.78 is 42.7. The smallest absolute Gasteiger partial charge is 0.389 e. The third kappa shape index (κ3) is 4.62. The Morgan fingerprint density at radius 1 is 1.20 bits per heavy atom. The van der Waals surface area contributed by atoms with Crippen LogP contribution in [0.3, 0.4) is 0 Å². The number of H-pyrrole nitrogens is 1. The summed E-state index contributed by atoms with van der Waals surface area (Å²) in [4.78, 5) is 18.0. The maximum absolute atomic E-state index is 13.4. The van der Waals surface area contributed by atoms with Gasteiger partial charge in [0.05, 0.1) is 23.4 Å². The molecular weight excluding hydrogens is 461 g/mol. The lowest BCUT2D eigenvalue weighted by Gasteiger charge is -2.37. The van der Waals surface area contributed by atoms with Crippen molar-refractivity contribution in [3.05, 3.63) is 64.7 Å². The van der Waals surface area contributed by atoms with Crippen molar-refractivity contribution in [1.29, 1.82) is 0 Å². The van der Waals surface area contributed by atoms with Crippen LogP contribution in [0.2, 0.25) is 0 Å². The lowest BCUT2D eigenvalue weighted by Crippen LogP contribution is -2.48. The van der Waals surface area contributed by atoms with Gasteiger partial charge in [0.2, 0.25) is 5.82 Å². The number of halogens is 3. The van der Waals surface area contributed by atoms with Crippen LogP contribution < -0.4 is 10.1 Å². The van der Waals surface area contributed by atoms with Crippen LogP contribution >= 0.6 is 0 Å². The molecule has 3 heterocycles. The topological polar surface area (TPSA) is 106 Å². The number of hydrogen-bond donors (Lipinski definition) is 2. The zero-order valence-electron chi connectivity index (χ0n) is 18.9. The second-order valence-electron chi connectivity index (χ2n) is 8.91. The molecule has 1 atom stereocenters. The number of tetrazole rings is 1. The fourth-order valence-electron chi connectivity index (χ4n) is 4.81. The van der Waals surface area contributed by atoms with Crippen molar-refractivity contribution in [2.45, 2.75) is 50.7 Å². The molecule has 11 heteroatoms. The number of nitrogens with one attached hydrogen (secondary N) is 2. The van der Waals surface area contributed by atoms with E-state index < -0.39 is 18.1 Å². The highest BCUT2D eigenvalue weighted by Crippen LogP contribution is 2.48. The molecule has 1 spiro atoms. The zero-order valence-corrected chi connectivity index (χ0v) is 18.9. The van der Waals surface area contributed by atoms with Gasteiger partial charge in [-0.25, -0.2) is 0 Å². The van der Waals surface area contributed by atoms with E-state index in [9.17, 15) is 18.0 Å². The summed E-state index contributed by atoms with van der Waals surface area (Å²) in [5.41, 5.74) is 4.05. The fourth-order valence-corrected chi connectivity index (χ4v) is 4.81. The third-order valence-corrected chi connectivity index (χ3v) is 6.44.